The van der Waals surface area contributed by atoms with Crippen molar-refractivity contribution < 1.29 is 0 Å². The molecule has 0 aliphatic heterocycles. The Morgan fingerprint density at radius 3 is 2.48 bits per heavy atom. The third-order valence-electron chi connectivity index (χ3n) is 4.00. The summed E-state index contributed by atoms with van der Waals surface area (Å²) in [5, 5.41) is 10.8. The molecule has 1 aromatic heterocycles. The molecule has 1 heterocycles. The molecule has 6 heteroatoms. The highest BCUT2D eigenvalue weighted by Gasteiger charge is 2.09. The summed E-state index contributed by atoms with van der Waals surface area (Å²) in [6, 6.07) is 9.00. The summed E-state index contributed by atoms with van der Waals surface area (Å²) in [5.41, 5.74) is 2.63. The lowest BCUT2D eigenvalue weighted by atomic mass is 10.00. The van der Waals surface area contributed by atoms with Gasteiger partial charge in [-0.05, 0) is 37.3 Å². The van der Waals surface area contributed by atoms with Crippen molar-refractivity contribution in [2.24, 2.45) is 18.0 Å². The minimum absolute atomic E-state index is 0.172. The number of benzene rings is 1. The molecule has 0 radical (unpaired) electrons. The summed E-state index contributed by atoms with van der Waals surface area (Å²) in [6.45, 7) is 10.00. The first-order valence-corrected chi connectivity index (χ1v) is 8.96. The molecule has 0 saturated carbocycles. The molecule has 0 saturated heterocycles. The normalized spacial score (nSPS) is 13.1. The van der Waals surface area contributed by atoms with Crippen molar-refractivity contribution in [3.63, 3.8) is 0 Å². The topological polar surface area (TPSA) is 67.1 Å². The molecule has 2 aromatic rings. The maximum Gasteiger partial charge on any atom is 0.192 e. The van der Waals surface area contributed by atoms with Gasteiger partial charge in [0.25, 0.3) is 0 Å². The van der Waals surface area contributed by atoms with Gasteiger partial charge in [-0.25, -0.2) is 9.98 Å². The lowest BCUT2D eigenvalue weighted by Gasteiger charge is -2.18. The Labute approximate surface area is 150 Å². The van der Waals surface area contributed by atoms with Gasteiger partial charge in [0.05, 0.1) is 6.04 Å². The number of hydrogen-bond acceptors (Lipinski definition) is 3. The number of guanidine groups is 1. The smallest absolute Gasteiger partial charge is 0.192 e. The van der Waals surface area contributed by atoms with Crippen molar-refractivity contribution in [2.75, 3.05) is 6.54 Å². The number of rotatable bonds is 7. The molecule has 1 unspecified atom stereocenters. The molecule has 0 fully saturated rings. The van der Waals surface area contributed by atoms with E-state index < -0.39 is 0 Å². The lowest BCUT2D eigenvalue weighted by Crippen LogP contribution is -2.38. The minimum Gasteiger partial charge on any atom is -0.357 e. The summed E-state index contributed by atoms with van der Waals surface area (Å²) in [4.78, 5) is 8.82. The van der Waals surface area contributed by atoms with Crippen LogP contribution in [0.4, 0.5) is 0 Å². The van der Waals surface area contributed by atoms with Gasteiger partial charge < -0.3 is 10.6 Å². The van der Waals surface area contributed by atoms with Gasteiger partial charge in [0, 0.05) is 13.6 Å². The largest absolute Gasteiger partial charge is 0.357 e. The van der Waals surface area contributed by atoms with E-state index in [0.717, 1.165) is 24.7 Å². The van der Waals surface area contributed by atoms with Crippen LogP contribution in [0.25, 0.3) is 0 Å². The van der Waals surface area contributed by atoms with Crippen LogP contribution < -0.4 is 10.6 Å². The maximum absolute atomic E-state index is 4.61. The van der Waals surface area contributed by atoms with Gasteiger partial charge in [-0.1, -0.05) is 38.1 Å². The first kappa shape index (κ1) is 19.0. The summed E-state index contributed by atoms with van der Waals surface area (Å²) >= 11 is 0. The highest BCUT2D eigenvalue weighted by molar-refractivity contribution is 5.80. The summed E-state index contributed by atoms with van der Waals surface area (Å²) in [7, 11) is 1.87. The number of aliphatic imine (C=N–C) groups is 1. The first-order valence-electron chi connectivity index (χ1n) is 8.96. The molecular formula is C19H30N6. The van der Waals surface area contributed by atoms with E-state index in [9.17, 15) is 0 Å². The van der Waals surface area contributed by atoms with Crippen molar-refractivity contribution in [3.8, 4) is 0 Å². The molecule has 2 N–H and O–H groups in total. The predicted molar refractivity (Wildman–Crippen MR) is 102 cm³/mol. The van der Waals surface area contributed by atoms with Gasteiger partial charge in [-0.2, -0.15) is 5.10 Å². The Morgan fingerprint density at radius 2 is 1.92 bits per heavy atom. The first-order chi connectivity index (χ1) is 12.0. The van der Waals surface area contributed by atoms with Crippen molar-refractivity contribution in [3.05, 3.63) is 47.5 Å². The number of aromatic nitrogens is 3. The van der Waals surface area contributed by atoms with Crippen LogP contribution in [-0.2, 0) is 20.0 Å². The van der Waals surface area contributed by atoms with Crippen LogP contribution >= 0.6 is 0 Å². The van der Waals surface area contributed by atoms with Crippen LogP contribution in [0, 0.1) is 5.92 Å². The van der Waals surface area contributed by atoms with E-state index in [1.165, 1.54) is 11.1 Å². The highest BCUT2D eigenvalue weighted by atomic mass is 15.3. The third kappa shape index (κ3) is 5.89. The average Bonchev–Trinajstić information content (AvgIpc) is 2.98. The molecule has 0 amide bonds. The monoisotopic (exact) mass is 342 g/mol. The zero-order valence-corrected chi connectivity index (χ0v) is 16.0. The molecule has 0 aliphatic carbocycles. The van der Waals surface area contributed by atoms with Crippen molar-refractivity contribution in [1.29, 1.82) is 0 Å². The van der Waals surface area contributed by atoms with Gasteiger partial charge >= 0.3 is 0 Å². The van der Waals surface area contributed by atoms with E-state index in [-0.39, 0.29) is 6.04 Å². The van der Waals surface area contributed by atoms with Crippen LogP contribution in [-0.4, -0.2) is 27.3 Å². The third-order valence-corrected chi connectivity index (χ3v) is 4.00. The van der Waals surface area contributed by atoms with Crippen LogP contribution in [0.5, 0.6) is 0 Å². The summed E-state index contributed by atoms with van der Waals surface area (Å²) < 4.78 is 1.74. The zero-order chi connectivity index (χ0) is 18.2. The molecule has 1 aromatic carbocycles. The van der Waals surface area contributed by atoms with E-state index in [1.54, 1.807) is 11.0 Å². The molecule has 25 heavy (non-hydrogen) atoms. The molecular weight excluding hydrogens is 312 g/mol. The molecule has 0 aliphatic rings. The Kier molecular flexibility index (Phi) is 6.98. The Bertz CT molecular complexity index is 671. The predicted octanol–water partition coefficient (Wildman–Crippen LogP) is 2.83. The van der Waals surface area contributed by atoms with Crippen LogP contribution in [0.2, 0.25) is 0 Å². The number of hydrogen-bond donors (Lipinski definition) is 2. The van der Waals surface area contributed by atoms with Gasteiger partial charge in [0.2, 0.25) is 0 Å². The molecule has 6 nitrogen and oxygen atoms in total. The Balaban J connectivity index is 2.01. The standard InChI is InChI=1S/C19H30N6/c1-6-20-19(21-12-18-22-13-23-25(18)5)24-15(4)17-9-7-16(8-10-17)11-14(2)3/h7-10,13-15H,6,11-12H2,1-5H3,(H2,20,21,24). The van der Waals surface area contributed by atoms with E-state index in [2.05, 4.69) is 77.7 Å². The van der Waals surface area contributed by atoms with Crippen LogP contribution in [0.15, 0.2) is 35.6 Å². The Morgan fingerprint density at radius 1 is 1.20 bits per heavy atom. The molecule has 0 spiro atoms. The van der Waals surface area contributed by atoms with Gasteiger partial charge in [-0.15, -0.1) is 0 Å². The van der Waals surface area contributed by atoms with Crippen molar-refractivity contribution in [1.82, 2.24) is 25.4 Å². The lowest BCUT2D eigenvalue weighted by molar-refractivity contribution is 0.645. The van der Waals surface area contributed by atoms with Crippen LogP contribution in [0.1, 0.15) is 50.7 Å². The fourth-order valence-electron chi connectivity index (χ4n) is 2.64. The molecule has 2 rings (SSSR count). The second kappa shape index (κ2) is 9.20. The summed E-state index contributed by atoms with van der Waals surface area (Å²) in [6.07, 6.45) is 2.66. The zero-order valence-electron chi connectivity index (χ0n) is 16.0. The second-order valence-electron chi connectivity index (χ2n) is 6.70. The van der Waals surface area contributed by atoms with E-state index in [4.69, 9.17) is 0 Å². The minimum atomic E-state index is 0.172. The Hall–Kier alpha value is -2.37. The number of nitrogens with one attached hydrogen (secondary N) is 2. The molecule has 0 bridgehead atoms. The second-order valence-corrected chi connectivity index (χ2v) is 6.70. The highest BCUT2D eigenvalue weighted by Crippen LogP contribution is 2.15. The van der Waals surface area contributed by atoms with E-state index in [0.29, 0.717) is 12.5 Å². The van der Waals surface area contributed by atoms with Crippen LogP contribution in [0.3, 0.4) is 0 Å². The van der Waals surface area contributed by atoms with E-state index in [1.807, 2.05) is 7.05 Å². The van der Waals surface area contributed by atoms with Gasteiger partial charge in [0.1, 0.15) is 18.7 Å². The maximum atomic E-state index is 4.61. The quantitative estimate of drug-likeness (QED) is 0.600. The summed E-state index contributed by atoms with van der Waals surface area (Å²) in [5.74, 6) is 2.29. The van der Waals surface area contributed by atoms with Gasteiger partial charge in [0.15, 0.2) is 5.96 Å². The SMILES string of the molecule is CCNC(=NCc1ncnn1C)NC(C)c1ccc(CC(C)C)cc1. The molecule has 136 valence electrons. The average molecular weight is 342 g/mol. The number of nitrogens with zero attached hydrogens (tertiary/aromatic N) is 4. The fraction of sp³-hybridized carbons (Fsp3) is 0.526. The van der Waals surface area contributed by atoms with Gasteiger partial charge in [-0.3, -0.25) is 4.68 Å². The fourth-order valence-corrected chi connectivity index (χ4v) is 2.64. The molecule has 1 atom stereocenters. The van der Waals surface area contributed by atoms with Crippen molar-refractivity contribution in [2.45, 2.75) is 46.7 Å². The number of aryl methyl sites for hydroxylation is 1. The van der Waals surface area contributed by atoms with E-state index >= 15 is 0 Å². The van der Waals surface area contributed by atoms with Crippen molar-refractivity contribution >= 4 is 5.96 Å².